The fraction of sp³-hybridized carbons (Fsp3) is 0.167. The molecule has 1 N–H and O–H groups in total. The maximum Gasteiger partial charge on any atom is 0.354 e. The summed E-state index contributed by atoms with van der Waals surface area (Å²) in [6, 6.07) is 6.13. The lowest BCUT2D eigenvalue weighted by Gasteiger charge is -1.99. The molecule has 5 heteroatoms. The molecule has 0 aliphatic carbocycles. The number of carboxylic acids is 1. The van der Waals surface area contributed by atoms with Gasteiger partial charge in [0, 0.05) is 12.6 Å². The lowest BCUT2D eigenvalue weighted by Crippen LogP contribution is -2.04. The maximum atomic E-state index is 13.4. The zero-order valence-corrected chi connectivity index (χ0v) is 9.44. The molecule has 0 bridgehead atoms. The molecule has 0 aliphatic rings. The molecule has 2 rings (SSSR count). The van der Waals surface area contributed by atoms with E-state index in [0.29, 0.717) is 16.8 Å². The number of halogens is 1. The molecule has 17 heavy (non-hydrogen) atoms. The van der Waals surface area contributed by atoms with Gasteiger partial charge in [-0.2, -0.15) is 5.10 Å². The molecule has 1 aromatic carbocycles. The summed E-state index contributed by atoms with van der Waals surface area (Å²) in [6.07, 6.45) is 0. The Labute approximate surface area is 97.3 Å². The zero-order chi connectivity index (χ0) is 12.6. The Bertz CT molecular complexity index is 590. The summed E-state index contributed by atoms with van der Waals surface area (Å²) in [7, 11) is 1.54. The van der Waals surface area contributed by atoms with E-state index in [1.165, 1.54) is 23.9 Å². The van der Waals surface area contributed by atoms with Crippen LogP contribution in [-0.4, -0.2) is 20.9 Å². The smallest absolute Gasteiger partial charge is 0.354 e. The lowest BCUT2D eigenvalue weighted by molar-refractivity contribution is 0.0685. The Kier molecular flexibility index (Phi) is 2.67. The van der Waals surface area contributed by atoms with Crippen molar-refractivity contribution in [3.05, 3.63) is 41.3 Å². The second-order valence-corrected chi connectivity index (χ2v) is 3.81. The van der Waals surface area contributed by atoms with E-state index in [4.69, 9.17) is 5.11 Å². The number of rotatable bonds is 2. The van der Waals surface area contributed by atoms with E-state index in [0.717, 1.165) is 0 Å². The summed E-state index contributed by atoms with van der Waals surface area (Å²) in [5, 5.41) is 12.9. The van der Waals surface area contributed by atoms with Gasteiger partial charge in [-0.15, -0.1) is 0 Å². The standard InChI is InChI=1S/C12H11FN2O2/c1-7-3-4-8(5-9(7)13)10-6-11(12(16)17)15(2)14-10/h3-6H,1-2H3,(H,16,17). The van der Waals surface area contributed by atoms with Crippen molar-refractivity contribution in [1.29, 1.82) is 0 Å². The molecule has 88 valence electrons. The monoisotopic (exact) mass is 234 g/mol. The molecule has 0 fully saturated rings. The fourth-order valence-corrected chi connectivity index (χ4v) is 1.56. The van der Waals surface area contributed by atoms with Crippen LogP contribution in [0.3, 0.4) is 0 Å². The first kappa shape index (κ1) is 11.3. The van der Waals surface area contributed by atoms with Crippen LogP contribution in [0, 0.1) is 12.7 Å². The molecule has 0 unspecified atom stereocenters. The summed E-state index contributed by atoms with van der Waals surface area (Å²) in [6.45, 7) is 1.67. The van der Waals surface area contributed by atoms with Crippen molar-refractivity contribution in [2.75, 3.05) is 0 Å². The predicted molar refractivity (Wildman–Crippen MR) is 60.3 cm³/mol. The second-order valence-electron chi connectivity index (χ2n) is 3.81. The lowest BCUT2D eigenvalue weighted by atomic mass is 10.1. The minimum atomic E-state index is -1.06. The Morgan fingerprint density at radius 1 is 1.41 bits per heavy atom. The van der Waals surface area contributed by atoms with Gasteiger partial charge in [0.25, 0.3) is 0 Å². The first-order valence-electron chi connectivity index (χ1n) is 5.03. The molecule has 0 saturated carbocycles. The third kappa shape index (κ3) is 2.04. The van der Waals surface area contributed by atoms with Gasteiger partial charge in [0.1, 0.15) is 11.5 Å². The third-order valence-corrected chi connectivity index (χ3v) is 2.57. The van der Waals surface area contributed by atoms with Crippen LogP contribution in [0.1, 0.15) is 16.1 Å². The minimum absolute atomic E-state index is 0.0704. The molecule has 0 amide bonds. The average molecular weight is 234 g/mol. The first-order chi connectivity index (χ1) is 7.99. The molecular formula is C12H11FN2O2. The van der Waals surface area contributed by atoms with Gasteiger partial charge < -0.3 is 5.11 Å². The number of carbonyl (C=O) groups is 1. The molecule has 0 atom stereocenters. The Morgan fingerprint density at radius 3 is 2.65 bits per heavy atom. The van der Waals surface area contributed by atoms with E-state index in [-0.39, 0.29) is 11.5 Å². The van der Waals surface area contributed by atoms with Crippen LogP contribution in [0.4, 0.5) is 4.39 Å². The fourth-order valence-electron chi connectivity index (χ4n) is 1.56. The van der Waals surface area contributed by atoms with Crippen LogP contribution < -0.4 is 0 Å². The Morgan fingerprint density at radius 2 is 2.12 bits per heavy atom. The molecule has 0 spiro atoms. The second kappa shape index (κ2) is 4.01. The van der Waals surface area contributed by atoms with Crippen molar-refractivity contribution in [2.45, 2.75) is 6.92 Å². The van der Waals surface area contributed by atoms with Gasteiger partial charge in [-0.05, 0) is 24.6 Å². The number of hydrogen-bond acceptors (Lipinski definition) is 2. The zero-order valence-electron chi connectivity index (χ0n) is 9.44. The predicted octanol–water partition coefficient (Wildman–Crippen LogP) is 2.23. The molecular weight excluding hydrogens is 223 g/mol. The highest BCUT2D eigenvalue weighted by atomic mass is 19.1. The van der Waals surface area contributed by atoms with Crippen LogP contribution in [0.25, 0.3) is 11.3 Å². The van der Waals surface area contributed by atoms with Crippen molar-refractivity contribution >= 4 is 5.97 Å². The summed E-state index contributed by atoms with van der Waals surface area (Å²) in [5.74, 6) is -1.39. The number of aryl methyl sites for hydroxylation is 2. The van der Waals surface area contributed by atoms with Gasteiger partial charge in [-0.3, -0.25) is 4.68 Å². The van der Waals surface area contributed by atoms with Gasteiger partial charge in [-0.1, -0.05) is 12.1 Å². The van der Waals surface area contributed by atoms with E-state index < -0.39 is 5.97 Å². The van der Waals surface area contributed by atoms with E-state index in [1.54, 1.807) is 19.1 Å². The summed E-state index contributed by atoms with van der Waals surface area (Å²) in [4.78, 5) is 10.9. The number of aromatic nitrogens is 2. The summed E-state index contributed by atoms with van der Waals surface area (Å²) >= 11 is 0. The largest absolute Gasteiger partial charge is 0.477 e. The van der Waals surface area contributed by atoms with Crippen LogP contribution in [0.2, 0.25) is 0 Å². The van der Waals surface area contributed by atoms with E-state index in [1.807, 2.05) is 0 Å². The summed E-state index contributed by atoms with van der Waals surface area (Å²) in [5.41, 5.74) is 1.63. The highest BCUT2D eigenvalue weighted by Gasteiger charge is 2.13. The molecule has 0 saturated heterocycles. The van der Waals surface area contributed by atoms with Crippen molar-refractivity contribution in [3.63, 3.8) is 0 Å². The van der Waals surface area contributed by atoms with Gasteiger partial charge in [0.05, 0.1) is 5.69 Å². The van der Waals surface area contributed by atoms with Crippen LogP contribution in [0.15, 0.2) is 24.3 Å². The summed E-state index contributed by atoms with van der Waals surface area (Å²) < 4.78 is 14.6. The first-order valence-corrected chi connectivity index (χ1v) is 5.03. The third-order valence-electron chi connectivity index (χ3n) is 2.57. The molecule has 2 aromatic rings. The van der Waals surface area contributed by atoms with Gasteiger partial charge >= 0.3 is 5.97 Å². The topological polar surface area (TPSA) is 55.1 Å². The van der Waals surface area contributed by atoms with E-state index in [9.17, 15) is 9.18 Å². The highest BCUT2D eigenvalue weighted by Crippen LogP contribution is 2.21. The highest BCUT2D eigenvalue weighted by molar-refractivity contribution is 5.87. The SMILES string of the molecule is Cc1ccc(-c2cc(C(=O)O)n(C)n2)cc1F. The molecule has 0 radical (unpaired) electrons. The van der Waals surface area contributed by atoms with E-state index >= 15 is 0 Å². The van der Waals surface area contributed by atoms with Gasteiger partial charge in [0.2, 0.25) is 0 Å². The van der Waals surface area contributed by atoms with Gasteiger partial charge in [0.15, 0.2) is 0 Å². The number of carboxylic acid groups (broad SMARTS) is 1. The van der Waals surface area contributed by atoms with Crippen molar-refractivity contribution in [3.8, 4) is 11.3 Å². The average Bonchev–Trinajstić information content (AvgIpc) is 2.64. The molecule has 1 heterocycles. The van der Waals surface area contributed by atoms with Crippen LogP contribution >= 0.6 is 0 Å². The van der Waals surface area contributed by atoms with Crippen molar-refractivity contribution < 1.29 is 14.3 Å². The molecule has 0 aliphatic heterocycles. The maximum absolute atomic E-state index is 13.4. The van der Waals surface area contributed by atoms with Crippen LogP contribution in [0.5, 0.6) is 0 Å². The Hall–Kier alpha value is -2.17. The van der Waals surface area contributed by atoms with E-state index in [2.05, 4.69) is 5.10 Å². The number of nitrogens with zero attached hydrogens (tertiary/aromatic N) is 2. The van der Waals surface area contributed by atoms with Gasteiger partial charge in [-0.25, -0.2) is 9.18 Å². The number of aromatic carboxylic acids is 1. The van der Waals surface area contributed by atoms with Crippen LogP contribution in [-0.2, 0) is 7.05 Å². The molecule has 4 nitrogen and oxygen atoms in total. The minimum Gasteiger partial charge on any atom is -0.477 e. The number of hydrogen-bond donors (Lipinski definition) is 1. The van der Waals surface area contributed by atoms with Crippen molar-refractivity contribution in [1.82, 2.24) is 9.78 Å². The normalized spacial score (nSPS) is 10.5. The Balaban J connectivity index is 2.50. The molecule has 1 aromatic heterocycles. The van der Waals surface area contributed by atoms with Crippen molar-refractivity contribution in [2.24, 2.45) is 7.05 Å². The number of benzene rings is 1. The quantitative estimate of drug-likeness (QED) is 0.866.